The van der Waals surface area contributed by atoms with Gasteiger partial charge in [0.2, 0.25) is 0 Å². The van der Waals surface area contributed by atoms with Crippen LogP contribution in [-0.4, -0.2) is 12.6 Å². The molecule has 0 amide bonds. The Kier molecular flexibility index (Phi) is 4.63. The molecule has 0 atom stereocenters. The number of carbonyl (C=O) groups is 1. The van der Waals surface area contributed by atoms with Crippen LogP contribution in [0.4, 0.5) is 10.1 Å². The molecule has 0 spiro atoms. The predicted molar refractivity (Wildman–Crippen MR) is 77.3 cm³/mol. The number of nitrogens with two attached hydrogens (primary N) is 1. The molecule has 104 valence electrons. The third-order valence-corrected chi connectivity index (χ3v) is 3.71. The molecule has 3 nitrogen and oxygen atoms in total. The van der Waals surface area contributed by atoms with E-state index >= 15 is 0 Å². The average Bonchev–Trinajstić information content (AvgIpc) is 2.41. The summed E-state index contributed by atoms with van der Waals surface area (Å²) in [6.45, 7) is 2.03. The van der Waals surface area contributed by atoms with Crippen molar-refractivity contribution in [1.82, 2.24) is 0 Å². The molecule has 0 aromatic heterocycles. The molecule has 0 saturated heterocycles. The normalized spacial score (nSPS) is 10.3. The number of halogens is 1. The average molecular weight is 291 g/mol. The third-order valence-electron chi connectivity index (χ3n) is 2.56. The van der Waals surface area contributed by atoms with Gasteiger partial charge in [0.05, 0.1) is 12.2 Å². The lowest BCUT2D eigenvalue weighted by molar-refractivity contribution is 0.0522. The van der Waals surface area contributed by atoms with Crippen LogP contribution in [0.15, 0.2) is 52.3 Å². The lowest BCUT2D eigenvalue weighted by atomic mass is 10.2. The van der Waals surface area contributed by atoms with E-state index in [4.69, 9.17) is 10.5 Å². The third kappa shape index (κ3) is 3.30. The molecule has 0 heterocycles. The second-order valence-corrected chi connectivity index (χ2v) is 5.09. The number of hydrogen-bond donors (Lipinski definition) is 1. The smallest absolute Gasteiger partial charge is 0.339 e. The van der Waals surface area contributed by atoms with Gasteiger partial charge in [-0.1, -0.05) is 23.9 Å². The van der Waals surface area contributed by atoms with Gasteiger partial charge in [-0.05, 0) is 37.3 Å². The Balaban J connectivity index is 2.37. The number of hydrogen-bond acceptors (Lipinski definition) is 4. The summed E-state index contributed by atoms with van der Waals surface area (Å²) in [5.41, 5.74) is 6.77. The van der Waals surface area contributed by atoms with Gasteiger partial charge in [-0.3, -0.25) is 0 Å². The minimum atomic E-state index is -0.432. The van der Waals surface area contributed by atoms with E-state index in [0.717, 1.165) is 0 Å². The second-order valence-electron chi connectivity index (χ2n) is 4.00. The lowest BCUT2D eigenvalue weighted by Crippen LogP contribution is -2.07. The van der Waals surface area contributed by atoms with Crippen LogP contribution < -0.4 is 5.73 Å². The standard InChI is InChI=1S/C15H14FNO2S/c1-2-19-15(18)12-7-4-8-13(17)14(12)20-11-6-3-5-10(16)9-11/h3-9H,2,17H2,1H3. The van der Waals surface area contributed by atoms with Crippen molar-refractivity contribution in [2.75, 3.05) is 12.3 Å². The van der Waals surface area contributed by atoms with Gasteiger partial charge in [0, 0.05) is 15.5 Å². The summed E-state index contributed by atoms with van der Waals surface area (Å²) in [6.07, 6.45) is 0. The summed E-state index contributed by atoms with van der Waals surface area (Å²) >= 11 is 1.24. The molecule has 2 aromatic rings. The zero-order valence-electron chi connectivity index (χ0n) is 10.9. The summed E-state index contributed by atoms with van der Waals surface area (Å²) in [5, 5.41) is 0. The summed E-state index contributed by atoms with van der Waals surface area (Å²) < 4.78 is 18.2. The maximum absolute atomic E-state index is 13.2. The van der Waals surface area contributed by atoms with Gasteiger partial charge >= 0.3 is 5.97 Å². The molecule has 0 saturated carbocycles. The molecule has 0 radical (unpaired) electrons. The predicted octanol–water partition coefficient (Wildman–Crippen LogP) is 3.74. The first-order valence-electron chi connectivity index (χ1n) is 6.11. The second kappa shape index (κ2) is 6.43. The van der Waals surface area contributed by atoms with Gasteiger partial charge in [-0.15, -0.1) is 0 Å². The van der Waals surface area contributed by atoms with Crippen molar-refractivity contribution in [2.24, 2.45) is 0 Å². The van der Waals surface area contributed by atoms with E-state index in [2.05, 4.69) is 0 Å². The van der Waals surface area contributed by atoms with E-state index in [-0.39, 0.29) is 12.4 Å². The van der Waals surface area contributed by atoms with Crippen molar-refractivity contribution < 1.29 is 13.9 Å². The molecule has 0 fully saturated rings. The van der Waals surface area contributed by atoms with Crippen LogP contribution in [-0.2, 0) is 4.74 Å². The molecular formula is C15H14FNO2S. The van der Waals surface area contributed by atoms with E-state index in [1.54, 1.807) is 37.3 Å². The number of carbonyl (C=O) groups excluding carboxylic acids is 1. The minimum absolute atomic E-state index is 0.289. The molecule has 0 bridgehead atoms. The highest BCUT2D eigenvalue weighted by Gasteiger charge is 2.16. The van der Waals surface area contributed by atoms with Crippen LogP contribution in [0.5, 0.6) is 0 Å². The zero-order chi connectivity index (χ0) is 14.5. The lowest BCUT2D eigenvalue weighted by Gasteiger charge is -2.11. The Bertz CT molecular complexity index is 631. The number of anilines is 1. The van der Waals surface area contributed by atoms with Crippen molar-refractivity contribution in [3.05, 3.63) is 53.8 Å². The topological polar surface area (TPSA) is 52.3 Å². The first-order valence-corrected chi connectivity index (χ1v) is 6.92. The highest BCUT2D eigenvalue weighted by molar-refractivity contribution is 7.99. The Morgan fingerprint density at radius 1 is 1.30 bits per heavy atom. The van der Waals surface area contributed by atoms with Gasteiger partial charge in [0.15, 0.2) is 0 Å². The summed E-state index contributed by atoms with van der Waals surface area (Å²) in [6, 6.07) is 11.2. The molecule has 20 heavy (non-hydrogen) atoms. The number of nitrogen functional groups attached to an aromatic ring is 1. The first kappa shape index (κ1) is 14.4. The van der Waals surface area contributed by atoms with Crippen LogP contribution in [0.1, 0.15) is 17.3 Å². The zero-order valence-corrected chi connectivity index (χ0v) is 11.7. The van der Waals surface area contributed by atoms with Crippen LogP contribution in [0.25, 0.3) is 0 Å². The summed E-state index contributed by atoms with van der Waals surface area (Å²) in [7, 11) is 0. The summed E-state index contributed by atoms with van der Waals surface area (Å²) in [4.78, 5) is 13.2. The first-order chi connectivity index (χ1) is 9.61. The van der Waals surface area contributed by atoms with Crippen molar-refractivity contribution in [2.45, 2.75) is 16.7 Å². The quantitative estimate of drug-likeness (QED) is 0.688. The Labute approximate surface area is 120 Å². The van der Waals surface area contributed by atoms with Gasteiger partial charge in [-0.2, -0.15) is 0 Å². The molecule has 0 aliphatic carbocycles. The molecule has 5 heteroatoms. The van der Waals surface area contributed by atoms with Crippen molar-refractivity contribution in [3.8, 4) is 0 Å². The van der Waals surface area contributed by atoms with Crippen molar-refractivity contribution in [1.29, 1.82) is 0 Å². The molecular weight excluding hydrogens is 277 g/mol. The maximum Gasteiger partial charge on any atom is 0.339 e. The van der Waals surface area contributed by atoms with Crippen molar-refractivity contribution >= 4 is 23.4 Å². The number of esters is 1. The van der Waals surface area contributed by atoms with Crippen LogP contribution in [0, 0.1) is 5.82 Å². The Morgan fingerprint density at radius 3 is 2.75 bits per heavy atom. The fraction of sp³-hybridized carbons (Fsp3) is 0.133. The number of rotatable bonds is 4. The van der Waals surface area contributed by atoms with E-state index < -0.39 is 5.97 Å². The van der Waals surface area contributed by atoms with Crippen LogP contribution in [0.2, 0.25) is 0 Å². The monoisotopic (exact) mass is 291 g/mol. The fourth-order valence-corrected chi connectivity index (χ4v) is 2.69. The Hall–Kier alpha value is -2.01. The molecule has 0 aliphatic heterocycles. The maximum atomic E-state index is 13.2. The van der Waals surface area contributed by atoms with E-state index in [1.165, 1.54) is 23.9 Å². The SMILES string of the molecule is CCOC(=O)c1cccc(N)c1Sc1cccc(F)c1. The van der Waals surface area contributed by atoms with Gasteiger partial charge < -0.3 is 10.5 Å². The van der Waals surface area contributed by atoms with E-state index in [1.807, 2.05) is 0 Å². The van der Waals surface area contributed by atoms with E-state index in [9.17, 15) is 9.18 Å². The number of benzene rings is 2. The van der Waals surface area contributed by atoms with Crippen molar-refractivity contribution in [3.63, 3.8) is 0 Å². The van der Waals surface area contributed by atoms with Gasteiger partial charge in [0.1, 0.15) is 5.82 Å². The molecule has 0 aliphatic rings. The van der Waals surface area contributed by atoms with E-state index in [0.29, 0.717) is 21.0 Å². The Morgan fingerprint density at radius 2 is 2.05 bits per heavy atom. The molecule has 2 N–H and O–H groups in total. The molecule has 2 aromatic carbocycles. The highest BCUT2D eigenvalue weighted by atomic mass is 32.2. The van der Waals surface area contributed by atoms with Crippen LogP contribution >= 0.6 is 11.8 Å². The highest BCUT2D eigenvalue weighted by Crippen LogP contribution is 2.35. The summed E-state index contributed by atoms with van der Waals surface area (Å²) in [5.74, 6) is -0.763. The van der Waals surface area contributed by atoms with Gasteiger partial charge in [-0.25, -0.2) is 9.18 Å². The molecule has 2 rings (SSSR count). The fourth-order valence-electron chi connectivity index (χ4n) is 1.69. The number of ether oxygens (including phenoxy) is 1. The van der Waals surface area contributed by atoms with Gasteiger partial charge in [0.25, 0.3) is 0 Å². The largest absolute Gasteiger partial charge is 0.462 e. The minimum Gasteiger partial charge on any atom is -0.462 e. The molecule has 0 unspecified atom stereocenters. The van der Waals surface area contributed by atoms with Crippen LogP contribution in [0.3, 0.4) is 0 Å².